The molecule has 1 aliphatic rings. The molecule has 1 amide bonds. The highest BCUT2D eigenvalue weighted by Crippen LogP contribution is 2.41. The molecule has 1 heterocycles. The number of aromatic nitrogens is 2. The van der Waals surface area contributed by atoms with Gasteiger partial charge in [0.05, 0.1) is 31.1 Å². The van der Waals surface area contributed by atoms with Crippen LogP contribution in [0, 0.1) is 0 Å². The first-order valence-electron chi connectivity index (χ1n) is 9.64. The number of amides is 1. The minimum atomic E-state index is -0.381. The number of hydrogen-bond donors (Lipinski definition) is 1. The maximum Gasteiger partial charge on any atom is 0.292 e. The summed E-state index contributed by atoms with van der Waals surface area (Å²) in [7, 11) is 2.94. The maximum absolute atomic E-state index is 12.8. The Balaban J connectivity index is 1.59. The molecular weight excluding hydrogens is 439 g/mol. The first kappa shape index (κ1) is 21.2. The average molecular weight is 459 g/mol. The molecule has 1 aromatic heterocycles. The number of ether oxygens (including phenoxy) is 2. The molecule has 0 saturated carbocycles. The van der Waals surface area contributed by atoms with Crippen LogP contribution in [0.25, 0.3) is 5.69 Å². The Hall–Kier alpha value is -3.03. The van der Waals surface area contributed by atoms with Gasteiger partial charge in [0.15, 0.2) is 11.4 Å². The lowest BCUT2D eigenvalue weighted by Gasteiger charge is -2.12. The molecule has 1 aliphatic carbocycles. The van der Waals surface area contributed by atoms with E-state index in [2.05, 4.69) is 15.6 Å². The van der Waals surface area contributed by atoms with E-state index >= 15 is 0 Å². The van der Waals surface area contributed by atoms with Gasteiger partial charge < -0.3 is 9.47 Å². The van der Waals surface area contributed by atoms with E-state index in [1.54, 1.807) is 6.07 Å². The molecule has 1 N–H and O–H groups in total. The van der Waals surface area contributed by atoms with Gasteiger partial charge in [-0.1, -0.05) is 41.4 Å². The Morgan fingerprint density at radius 3 is 2.61 bits per heavy atom. The van der Waals surface area contributed by atoms with Gasteiger partial charge in [-0.3, -0.25) is 4.79 Å². The lowest BCUT2D eigenvalue weighted by Crippen LogP contribution is -2.20. The zero-order valence-electron chi connectivity index (χ0n) is 17.0. The smallest absolute Gasteiger partial charge is 0.292 e. The SMILES string of the molecule is COc1c(Cl)cc(/C=N/NC(=O)c2nn(-c3ccccc3)c3c2CCC3)c(OC)c1Cl. The molecule has 9 heteroatoms. The summed E-state index contributed by atoms with van der Waals surface area (Å²) in [6.07, 6.45) is 4.10. The van der Waals surface area contributed by atoms with Crippen molar-refractivity contribution in [3.63, 3.8) is 0 Å². The van der Waals surface area contributed by atoms with Gasteiger partial charge in [-0.25, -0.2) is 10.1 Å². The van der Waals surface area contributed by atoms with Gasteiger partial charge in [0.25, 0.3) is 5.91 Å². The summed E-state index contributed by atoms with van der Waals surface area (Å²) < 4.78 is 12.4. The summed E-state index contributed by atoms with van der Waals surface area (Å²) in [4.78, 5) is 12.8. The van der Waals surface area contributed by atoms with Crippen molar-refractivity contribution in [2.75, 3.05) is 14.2 Å². The van der Waals surface area contributed by atoms with Crippen LogP contribution in [-0.2, 0) is 12.8 Å². The fraction of sp³-hybridized carbons (Fsp3) is 0.227. The van der Waals surface area contributed by atoms with Gasteiger partial charge in [0.2, 0.25) is 0 Å². The molecule has 0 radical (unpaired) electrons. The van der Waals surface area contributed by atoms with Crippen LogP contribution in [0.1, 0.15) is 33.7 Å². The third-order valence-corrected chi connectivity index (χ3v) is 5.71. The summed E-state index contributed by atoms with van der Waals surface area (Å²) in [5, 5.41) is 9.15. The van der Waals surface area contributed by atoms with Crippen LogP contribution in [-0.4, -0.2) is 36.1 Å². The molecule has 0 aliphatic heterocycles. The highest BCUT2D eigenvalue weighted by atomic mass is 35.5. The molecule has 160 valence electrons. The van der Waals surface area contributed by atoms with E-state index in [4.69, 9.17) is 32.7 Å². The van der Waals surface area contributed by atoms with Crippen LogP contribution in [0.2, 0.25) is 10.0 Å². The highest BCUT2D eigenvalue weighted by Gasteiger charge is 2.27. The Labute approximate surface area is 189 Å². The van der Waals surface area contributed by atoms with E-state index in [0.717, 1.165) is 36.2 Å². The van der Waals surface area contributed by atoms with Crippen LogP contribution < -0.4 is 14.9 Å². The number of methoxy groups -OCH3 is 2. The fourth-order valence-corrected chi connectivity index (χ4v) is 4.41. The van der Waals surface area contributed by atoms with E-state index in [-0.39, 0.29) is 10.9 Å². The zero-order chi connectivity index (χ0) is 22.0. The lowest BCUT2D eigenvalue weighted by molar-refractivity contribution is 0.0949. The number of halogens is 2. The standard InChI is InChI=1S/C22H20Cl2N4O3/c1-30-20-13(11-16(23)21(31-2)18(20)24)12-25-26-22(29)19-15-9-6-10-17(15)28(27-19)14-7-4-3-5-8-14/h3-5,7-8,11-12H,6,9-10H2,1-2H3,(H,26,29)/b25-12+. The number of nitrogens with zero attached hydrogens (tertiary/aromatic N) is 3. The van der Waals surface area contributed by atoms with E-state index in [9.17, 15) is 4.79 Å². The van der Waals surface area contributed by atoms with Crippen molar-refractivity contribution in [3.05, 3.63) is 69.0 Å². The van der Waals surface area contributed by atoms with Crippen molar-refractivity contribution in [3.8, 4) is 17.2 Å². The van der Waals surface area contributed by atoms with Gasteiger partial charge in [0, 0.05) is 16.8 Å². The number of para-hydroxylation sites is 1. The molecule has 0 spiro atoms. The van der Waals surface area contributed by atoms with Crippen molar-refractivity contribution < 1.29 is 14.3 Å². The Morgan fingerprint density at radius 2 is 1.90 bits per heavy atom. The van der Waals surface area contributed by atoms with Crippen molar-refractivity contribution in [2.45, 2.75) is 19.3 Å². The highest BCUT2D eigenvalue weighted by molar-refractivity contribution is 6.38. The molecule has 0 bridgehead atoms. The van der Waals surface area contributed by atoms with Gasteiger partial charge >= 0.3 is 0 Å². The molecule has 0 atom stereocenters. The summed E-state index contributed by atoms with van der Waals surface area (Å²) in [5.74, 6) is 0.271. The molecule has 0 saturated heterocycles. The summed E-state index contributed by atoms with van der Waals surface area (Å²) in [6, 6.07) is 11.4. The number of hydrogen-bond acceptors (Lipinski definition) is 5. The number of hydrazone groups is 1. The molecule has 4 rings (SSSR count). The number of nitrogens with one attached hydrogen (secondary N) is 1. The number of carbonyl (C=O) groups is 1. The minimum Gasteiger partial charge on any atom is -0.494 e. The third kappa shape index (κ3) is 3.98. The Morgan fingerprint density at radius 1 is 1.16 bits per heavy atom. The Bertz CT molecular complexity index is 1160. The molecule has 31 heavy (non-hydrogen) atoms. The maximum atomic E-state index is 12.8. The first-order valence-corrected chi connectivity index (χ1v) is 10.4. The second kappa shape index (κ2) is 8.99. The largest absolute Gasteiger partial charge is 0.494 e. The topological polar surface area (TPSA) is 77.7 Å². The fourth-order valence-electron chi connectivity index (χ4n) is 3.71. The van der Waals surface area contributed by atoms with Gasteiger partial charge in [-0.2, -0.15) is 10.2 Å². The van der Waals surface area contributed by atoms with Crippen LogP contribution in [0.3, 0.4) is 0 Å². The van der Waals surface area contributed by atoms with Gasteiger partial charge in [-0.15, -0.1) is 0 Å². The molecule has 3 aromatic rings. The van der Waals surface area contributed by atoms with Crippen LogP contribution in [0.4, 0.5) is 0 Å². The predicted molar refractivity (Wildman–Crippen MR) is 120 cm³/mol. The van der Waals surface area contributed by atoms with Crippen molar-refractivity contribution in [2.24, 2.45) is 5.10 Å². The molecular formula is C22H20Cl2N4O3. The average Bonchev–Trinajstić information content (AvgIpc) is 3.37. The quantitative estimate of drug-likeness (QED) is 0.437. The van der Waals surface area contributed by atoms with Crippen molar-refractivity contribution >= 4 is 35.3 Å². The van der Waals surface area contributed by atoms with Crippen LogP contribution in [0.5, 0.6) is 11.5 Å². The van der Waals surface area contributed by atoms with Crippen molar-refractivity contribution in [1.82, 2.24) is 15.2 Å². The number of benzene rings is 2. The van der Waals surface area contributed by atoms with Gasteiger partial charge in [-0.05, 0) is 37.5 Å². The minimum absolute atomic E-state index is 0.227. The molecule has 0 fully saturated rings. The monoisotopic (exact) mass is 458 g/mol. The van der Waals surface area contributed by atoms with Crippen LogP contribution >= 0.6 is 23.2 Å². The number of fused-ring (bicyclic) bond motifs is 1. The summed E-state index contributed by atoms with van der Waals surface area (Å²) >= 11 is 12.5. The normalized spacial score (nSPS) is 12.8. The number of rotatable bonds is 6. The summed E-state index contributed by atoms with van der Waals surface area (Å²) in [6.45, 7) is 0. The molecule has 7 nitrogen and oxygen atoms in total. The summed E-state index contributed by atoms with van der Waals surface area (Å²) in [5.41, 5.74) is 6.38. The predicted octanol–water partition coefficient (Wildman–Crippen LogP) is 4.45. The first-order chi connectivity index (χ1) is 15.0. The zero-order valence-corrected chi connectivity index (χ0v) is 18.5. The van der Waals surface area contributed by atoms with E-state index in [0.29, 0.717) is 27.8 Å². The van der Waals surface area contributed by atoms with E-state index in [1.165, 1.54) is 20.4 Å². The van der Waals surface area contributed by atoms with E-state index < -0.39 is 0 Å². The van der Waals surface area contributed by atoms with Crippen molar-refractivity contribution in [1.29, 1.82) is 0 Å². The third-order valence-electron chi connectivity index (χ3n) is 5.08. The lowest BCUT2D eigenvalue weighted by atomic mass is 10.2. The van der Waals surface area contributed by atoms with Crippen LogP contribution in [0.15, 0.2) is 41.5 Å². The second-order valence-corrected chi connectivity index (χ2v) is 7.69. The number of carbonyl (C=O) groups excluding carboxylic acids is 1. The van der Waals surface area contributed by atoms with E-state index in [1.807, 2.05) is 35.0 Å². The molecule has 2 aromatic carbocycles. The van der Waals surface area contributed by atoms with Gasteiger partial charge in [0.1, 0.15) is 10.8 Å². The molecule has 0 unspecified atom stereocenters. The second-order valence-electron chi connectivity index (χ2n) is 6.90. The Kier molecular flexibility index (Phi) is 6.15.